The summed E-state index contributed by atoms with van der Waals surface area (Å²) in [5.74, 6) is -0.225. The summed E-state index contributed by atoms with van der Waals surface area (Å²) < 4.78 is 34.1. The Morgan fingerprint density at radius 2 is 1.86 bits per heavy atom. The standard InChI is InChI=1S/C19H26N4O4S/c1-14(17-7-5-4-6-8-17)20-18(24)13-23-16(3)19(15(2)21-23)28(25,26)22-9-11-27-12-10-22/h4-8,14H,9-13H2,1-3H3,(H,20,24)/t14-/m0/s1. The molecular formula is C19H26N4O4S. The lowest BCUT2D eigenvalue weighted by atomic mass is 10.1. The molecule has 1 aliphatic rings. The predicted octanol–water partition coefficient (Wildman–Crippen LogP) is 1.40. The highest BCUT2D eigenvalue weighted by Crippen LogP contribution is 2.24. The number of aryl methyl sites for hydroxylation is 1. The smallest absolute Gasteiger partial charge is 0.246 e. The molecule has 2 heterocycles. The molecule has 1 saturated heterocycles. The molecule has 28 heavy (non-hydrogen) atoms. The first-order valence-electron chi connectivity index (χ1n) is 9.27. The Kier molecular flexibility index (Phi) is 6.17. The van der Waals surface area contributed by atoms with Crippen LogP contribution in [-0.4, -0.2) is 54.7 Å². The van der Waals surface area contributed by atoms with Crippen molar-refractivity contribution in [2.75, 3.05) is 26.3 Å². The van der Waals surface area contributed by atoms with Crippen molar-refractivity contribution in [1.82, 2.24) is 19.4 Å². The summed E-state index contributed by atoms with van der Waals surface area (Å²) in [5.41, 5.74) is 1.86. The molecule has 8 nitrogen and oxygen atoms in total. The van der Waals surface area contributed by atoms with Gasteiger partial charge in [0.25, 0.3) is 0 Å². The normalized spacial score (nSPS) is 16.7. The topological polar surface area (TPSA) is 93.5 Å². The second-order valence-electron chi connectivity index (χ2n) is 6.87. The van der Waals surface area contributed by atoms with Gasteiger partial charge >= 0.3 is 0 Å². The van der Waals surface area contributed by atoms with Gasteiger partial charge < -0.3 is 10.1 Å². The molecule has 0 saturated carbocycles. The maximum Gasteiger partial charge on any atom is 0.246 e. The fourth-order valence-electron chi connectivity index (χ4n) is 3.37. The van der Waals surface area contributed by atoms with Gasteiger partial charge in [0.2, 0.25) is 15.9 Å². The van der Waals surface area contributed by atoms with E-state index in [1.54, 1.807) is 13.8 Å². The lowest BCUT2D eigenvalue weighted by Crippen LogP contribution is -2.41. The molecule has 0 spiro atoms. The number of rotatable bonds is 6. The van der Waals surface area contributed by atoms with Crippen LogP contribution < -0.4 is 5.32 Å². The molecule has 9 heteroatoms. The van der Waals surface area contributed by atoms with E-state index in [2.05, 4.69) is 10.4 Å². The first-order chi connectivity index (χ1) is 13.3. The van der Waals surface area contributed by atoms with E-state index in [0.29, 0.717) is 37.7 Å². The van der Waals surface area contributed by atoms with Crippen molar-refractivity contribution in [2.24, 2.45) is 0 Å². The number of carbonyl (C=O) groups is 1. The Hall–Kier alpha value is -2.23. The molecule has 152 valence electrons. The zero-order valence-electron chi connectivity index (χ0n) is 16.4. The number of aromatic nitrogens is 2. The van der Waals surface area contributed by atoms with Crippen molar-refractivity contribution in [2.45, 2.75) is 38.3 Å². The van der Waals surface area contributed by atoms with Gasteiger partial charge in [0, 0.05) is 13.1 Å². The van der Waals surface area contributed by atoms with Crippen LogP contribution in [0, 0.1) is 13.8 Å². The van der Waals surface area contributed by atoms with E-state index in [9.17, 15) is 13.2 Å². The third-order valence-corrected chi connectivity index (χ3v) is 7.01. The van der Waals surface area contributed by atoms with Gasteiger partial charge in [-0.3, -0.25) is 9.48 Å². The van der Waals surface area contributed by atoms with E-state index in [1.165, 1.54) is 8.99 Å². The molecule has 0 unspecified atom stereocenters. The fourth-order valence-corrected chi connectivity index (χ4v) is 5.15. The van der Waals surface area contributed by atoms with Gasteiger partial charge in [-0.1, -0.05) is 30.3 Å². The Morgan fingerprint density at radius 3 is 2.50 bits per heavy atom. The van der Waals surface area contributed by atoms with Gasteiger partial charge in [-0.05, 0) is 26.3 Å². The molecular weight excluding hydrogens is 380 g/mol. The fraction of sp³-hybridized carbons (Fsp3) is 0.474. The number of hydrogen-bond acceptors (Lipinski definition) is 5. The zero-order chi connectivity index (χ0) is 20.3. The minimum atomic E-state index is -3.67. The minimum absolute atomic E-state index is 0.0392. The van der Waals surface area contributed by atoms with Crippen LogP contribution >= 0.6 is 0 Å². The summed E-state index contributed by atoms with van der Waals surface area (Å²) in [7, 11) is -3.67. The number of carbonyl (C=O) groups excluding carboxylic acids is 1. The Labute approximate surface area is 165 Å². The van der Waals surface area contributed by atoms with Crippen LogP contribution in [0.15, 0.2) is 35.2 Å². The van der Waals surface area contributed by atoms with Crippen LogP contribution in [0.1, 0.15) is 29.9 Å². The molecule has 0 bridgehead atoms. The highest BCUT2D eigenvalue weighted by Gasteiger charge is 2.32. The Morgan fingerprint density at radius 1 is 1.21 bits per heavy atom. The molecule has 0 radical (unpaired) electrons. The third-order valence-electron chi connectivity index (χ3n) is 4.85. The van der Waals surface area contributed by atoms with Gasteiger partial charge in [0.15, 0.2) is 0 Å². The maximum atomic E-state index is 13.0. The van der Waals surface area contributed by atoms with Crippen LogP contribution in [0.2, 0.25) is 0 Å². The largest absolute Gasteiger partial charge is 0.379 e. The van der Waals surface area contributed by atoms with Gasteiger partial charge in [0.1, 0.15) is 11.4 Å². The summed E-state index contributed by atoms with van der Waals surface area (Å²) in [6.45, 7) is 6.60. The summed E-state index contributed by atoms with van der Waals surface area (Å²) in [6, 6.07) is 9.50. The molecule has 0 aliphatic carbocycles. The van der Waals surface area contributed by atoms with E-state index in [1.807, 2.05) is 37.3 Å². The van der Waals surface area contributed by atoms with Crippen LogP contribution in [0.5, 0.6) is 0 Å². The molecule has 3 rings (SSSR count). The molecule has 2 aromatic rings. The number of ether oxygens (including phenoxy) is 1. The summed E-state index contributed by atoms with van der Waals surface area (Å²) >= 11 is 0. The summed E-state index contributed by atoms with van der Waals surface area (Å²) in [6.07, 6.45) is 0. The quantitative estimate of drug-likeness (QED) is 0.783. The highest BCUT2D eigenvalue weighted by atomic mass is 32.2. The Bertz CT molecular complexity index is 934. The summed E-state index contributed by atoms with van der Waals surface area (Å²) in [5, 5.41) is 7.24. The first-order valence-corrected chi connectivity index (χ1v) is 10.7. The van der Waals surface area contributed by atoms with E-state index in [4.69, 9.17) is 4.74 Å². The molecule has 1 amide bonds. The van der Waals surface area contributed by atoms with Crippen LogP contribution in [0.4, 0.5) is 0 Å². The lowest BCUT2D eigenvalue weighted by Gasteiger charge is -2.26. The minimum Gasteiger partial charge on any atom is -0.379 e. The zero-order valence-corrected chi connectivity index (χ0v) is 17.2. The number of nitrogens with one attached hydrogen (secondary N) is 1. The number of amides is 1. The lowest BCUT2D eigenvalue weighted by molar-refractivity contribution is -0.122. The molecule has 1 aromatic heterocycles. The van der Waals surface area contributed by atoms with E-state index in [-0.39, 0.29) is 23.4 Å². The average Bonchev–Trinajstić information content (AvgIpc) is 2.96. The highest BCUT2D eigenvalue weighted by molar-refractivity contribution is 7.89. The number of hydrogen-bond donors (Lipinski definition) is 1. The van der Waals surface area contributed by atoms with Gasteiger partial charge in [-0.15, -0.1) is 0 Å². The second kappa shape index (κ2) is 8.42. The number of nitrogens with zero attached hydrogens (tertiary/aromatic N) is 3. The van der Waals surface area contributed by atoms with Crippen molar-refractivity contribution in [3.8, 4) is 0 Å². The Balaban J connectivity index is 1.75. The van der Waals surface area contributed by atoms with Gasteiger partial charge in [0.05, 0.1) is 30.6 Å². The molecule has 1 fully saturated rings. The van der Waals surface area contributed by atoms with Crippen LogP contribution in [-0.2, 0) is 26.1 Å². The maximum absolute atomic E-state index is 13.0. The number of benzene rings is 1. The first kappa shape index (κ1) is 20.5. The number of sulfonamides is 1. The SMILES string of the molecule is Cc1nn(CC(=O)N[C@@H](C)c2ccccc2)c(C)c1S(=O)(=O)N1CCOCC1. The van der Waals surface area contributed by atoms with Crippen molar-refractivity contribution < 1.29 is 17.9 Å². The van der Waals surface area contributed by atoms with E-state index < -0.39 is 10.0 Å². The van der Waals surface area contributed by atoms with Crippen LogP contribution in [0.25, 0.3) is 0 Å². The third kappa shape index (κ3) is 4.26. The van der Waals surface area contributed by atoms with Gasteiger partial charge in [-0.25, -0.2) is 8.42 Å². The summed E-state index contributed by atoms with van der Waals surface area (Å²) in [4.78, 5) is 12.7. The predicted molar refractivity (Wildman–Crippen MR) is 104 cm³/mol. The van der Waals surface area contributed by atoms with Crippen molar-refractivity contribution in [3.63, 3.8) is 0 Å². The van der Waals surface area contributed by atoms with Crippen molar-refractivity contribution in [3.05, 3.63) is 47.3 Å². The second-order valence-corrected chi connectivity index (χ2v) is 8.75. The average molecular weight is 407 g/mol. The van der Waals surface area contributed by atoms with E-state index in [0.717, 1.165) is 5.56 Å². The van der Waals surface area contributed by atoms with Gasteiger partial charge in [-0.2, -0.15) is 9.40 Å². The molecule has 1 aromatic carbocycles. The molecule has 1 aliphatic heterocycles. The van der Waals surface area contributed by atoms with E-state index >= 15 is 0 Å². The van der Waals surface area contributed by atoms with Crippen LogP contribution in [0.3, 0.4) is 0 Å². The van der Waals surface area contributed by atoms with Crippen molar-refractivity contribution in [1.29, 1.82) is 0 Å². The molecule has 1 atom stereocenters. The van der Waals surface area contributed by atoms with Crippen molar-refractivity contribution >= 4 is 15.9 Å². The number of morpholine rings is 1. The molecule has 1 N–H and O–H groups in total. The monoisotopic (exact) mass is 406 g/mol.